The molecule has 0 radical (unpaired) electrons. The highest BCUT2D eigenvalue weighted by Gasteiger charge is 2.44. The van der Waals surface area contributed by atoms with E-state index in [2.05, 4.69) is 25.1 Å². The first-order valence-corrected chi connectivity index (χ1v) is 10.2. The maximum absolute atomic E-state index is 12.6. The van der Waals surface area contributed by atoms with Gasteiger partial charge >= 0.3 is 0 Å². The smallest absolute Gasteiger partial charge is 0.222 e. The number of rotatable bonds is 6. The summed E-state index contributed by atoms with van der Waals surface area (Å²) in [6.45, 7) is 5.40. The summed E-state index contributed by atoms with van der Waals surface area (Å²) in [7, 11) is 0. The van der Waals surface area contributed by atoms with Gasteiger partial charge in [-0.2, -0.15) is 0 Å². The lowest BCUT2D eigenvalue weighted by Gasteiger charge is -2.38. The number of amides is 1. The quantitative estimate of drug-likeness (QED) is 0.782. The van der Waals surface area contributed by atoms with Crippen molar-refractivity contribution in [3.63, 3.8) is 0 Å². The first kappa shape index (κ1) is 18.0. The monoisotopic (exact) mass is 357 g/mol. The molecule has 1 spiro atoms. The summed E-state index contributed by atoms with van der Waals surface area (Å²) >= 11 is 0. The van der Waals surface area contributed by atoms with Gasteiger partial charge in [0.05, 0.1) is 18.3 Å². The predicted molar refractivity (Wildman–Crippen MR) is 101 cm³/mol. The van der Waals surface area contributed by atoms with Crippen LogP contribution in [0.25, 0.3) is 0 Å². The lowest BCUT2D eigenvalue weighted by Crippen LogP contribution is -2.46. The Morgan fingerprint density at radius 2 is 2.04 bits per heavy atom. The van der Waals surface area contributed by atoms with Gasteiger partial charge < -0.3 is 14.4 Å². The zero-order valence-corrected chi connectivity index (χ0v) is 15.9. The number of hydrogen-bond donors (Lipinski definition) is 0. The minimum absolute atomic E-state index is 0.0407. The summed E-state index contributed by atoms with van der Waals surface area (Å²) in [5.74, 6) is 1.09. The molecule has 1 amide bonds. The van der Waals surface area contributed by atoms with Crippen LogP contribution in [0.1, 0.15) is 49.7 Å². The molecule has 3 aliphatic rings. The van der Waals surface area contributed by atoms with Crippen molar-refractivity contribution in [2.24, 2.45) is 5.92 Å². The Balaban J connectivity index is 1.21. The lowest BCUT2D eigenvalue weighted by molar-refractivity contribution is -0.135. The largest absolute Gasteiger partial charge is 0.375 e. The summed E-state index contributed by atoms with van der Waals surface area (Å²) in [6, 6.07) is 8.34. The molecule has 1 atom stereocenters. The molecular weight excluding hydrogens is 326 g/mol. The second kappa shape index (κ2) is 7.69. The number of benzene rings is 1. The number of likely N-dealkylation sites (tertiary alicyclic amines) is 1. The van der Waals surface area contributed by atoms with Crippen LogP contribution in [0.3, 0.4) is 0 Å². The average Bonchev–Trinajstić information content (AvgIpc) is 3.41. The lowest BCUT2D eigenvalue weighted by atomic mass is 9.87. The number of nitrogens with zero attached hydrogens (tertiary/aromatic N) is 1. The van der Waals surface area contributed by atoms with E-state index in [0.29, 0.717) is 6.42 Å². The fourth-order valence-corrected chi connectivity index (χ4v) is 4.27. The molecule has 26 heavy (non-hydrogen) atoms. The maximum Gasteiger partial charge on any atom is 0.222 e. The number of carbonyl (C=O) groups is 1. The van der Waals surface area contributed by atoms with E-state index < -0.39 is 0 Å². The molecule has 0 aromatic heterocycles. The highest BCUT2D eigenvalue weighted by atomic mass is 16.6. The standard InChI is InChI=1S/C22H31NO3/c1-17-4-2-3-5-19(17)8-9-21(24)23-12-10-22(11-13-23)14-20(16-26-22)25-15-18-6-7-18/h2-5,18,20H,6-16H2,1H3/t20-/m0/s1. The van der Waals surface area contributed by atoms with Gasteiger partial charge in [-0.1, -0.05) is 24.3 Å². The summed E-state index contributed by atoms with van der Waals surface area (Å²) in [6.07, 6.45) is 7.27. The van der Waals surface area contributed by atoms with E-state index in [1.165, 1.54) is 24.0 Å². The van der Waals surface area contributed by atoms with Gasteiger partial charge in [0.2, 0.25) is 5.91 Å². The van der Waals surface area contributed by atoms with Crippen molar-refractivity contribution in [3.05, 3.63) is 35.4 Å². The van der Waals surface area contributed by atoms with Crippen LogP contribution < -0.4 is 0 Å². The molecule has 1 saturated carbocycles. The van der Waals surface area contributed by atoms with Crippen LogP contribution in [0.4, 0.5) is 0 Å². The molecule has 1 aromatic rings. The van der Waals surface area contributed by atoms with Gasteiger partial charge in [-0.3, -0.25) is 4.79 Å². The van der Waals surface area contributed by atoms with Gasteiger partial charge in [0, 0.05) is 32.5 Å². The molecule has 2 saturated heterocycles. The Morgan fingerprint density at radius 3 is 2.77 bits per heavy atom. The maximum atomic E-state index is 12.6. The van der Waals surface area contributed by atoms with E-state index in [1.54, 1.807) is 0 Å². The van der Waals surface area contributed by atoms with Gasteiger partial charge in [-0.05, 0) is 56.1 Å². The Hall–Kier alpha value is -1.39. The summed E-state index contributed by atoms with van der Waals surface area (Å²) in [5, 5.41) is 0. The first-order valence-electron chi connectivity index (χ1n) is 10.2. The molecule has 2 aliphatic heterocycles. The predicted octanol–water partition coefficient (Wildman–Crippen LogP) is 3.50. The second-order valence-corrected chi connectivity index (χ2v) is 8.40. The summed E-state index contributed by atoms with van der Waals surface area (Å²) in [5.41, 5.74) is 2.51. The van der Waals surface area contributed by atoms with Crippen molar-refractivity contribution in [1.82, 2.24) is 4.90 Å². The van der Waals surface area contributed by atoms with Gasteiger partial charge in [-0.25, -0.2) is 0 Å². The molecule has 142 valence electrons. The minimum Gasteiger partial charge on any atom is -0.375 e. The van der Waals surface area contributed by atoms with E-state index in [1.807, 2.05) is 11.0 Å². The number of piperidine rings is 1. The Kier molecular flexibility index (Phi) is 5.32. The molecule has 3 fully saturated rings. The van der Waals surface area contributed by atoms with Crippen LogP contribution >= 0.6 is 0 Å². The fraction of sp³-hybridized carbons (Fsp3) is 0.682. The molecule has 0 N–H and O–H groups in total. The Bertz CT molecular complexity index is 632. The highest BCUT2D eigenvalue weighted by molar-refractivity contribution is 5.76. The first-order chi connectivity index (χ1) is 12.6. The van der Waals surface area contributed by atoms with E-state index in [4.69, 9.17) is 9.47 Å². The summed E-state index contributed by atoms with van der Waals surface area (Å²) in [4.78, 5) is 14.6. The molecule has 4 nitrogen and oxygen atoms in total. The molecule has 4 rings (SSSR count). The van der Waals surface area contributed by atoms with Crippen LogP contribution in [-0.4, -0.2) is 48.8 Å². The normalized spacial score (nSPS) is 25.0. The summed E-state index contributed by atoms with van der Waals surface area (Å²) < 4.78 is 12.2. The van der Waals surface area contributed by atoms with Gasteiger partial charge in [0.25, 0.3) is 0 Å². The molecule has 0 unspecified atom stereocenters. The zero-order chi connectivity index (χ0) is 18.0. The zero-order valence-electron chi connectivity index (χ0n) is 15.9. The molecule has 2 heterocycles. The van der Waals surface area contributed by atoms with Crippen molar-refractivity contribution in [2.45, 2.75) is 63.6 Å². The highest BCUT2D eigenvalue weighted by Crippen LogP contribution is 2.38. The number of carbonyl (C=O) groups excluding carboxylic acids is 1. The van der Waals surface area contributed by atoms with Crippen molar-refractivity contribution in [3.8, 4) is 0 Å². The average molecular weight is 357 g/mol. The Labute approximate surface area is 156 Å². The SMILES string of the molecule is Cc1ccccc1CCC(=O)N1CCC2(CC1)C[C@H](OCC1CC1)CO2. The van der Waals surface area contributed by atoms with Crippen LogP contribution in [0.5, 0.6) is 0 Å². The minimum atomic E-state index is -0.0407. The van der Waals surface area contributed by atoms with Gasteiger partial charge in [-0.15, -0.1) is 0 Å². The topological polar surface area (TPSA) is 38.8 Å². The van der Waals surface area contributed by atoms with Crippen LogP contribution in [0.2, 0.25) is 0 Å². The van der Waals surface area contributed by atoms with E-state index in [-0.39, 0.29) is 17.6 Å². The molecule has 1 aromatic carbocycles. The van der Waals surface area contributed by atoms with Gasteiger partial charge in [0.15, 0.2) is 0 Å². The van der Waals surface area contributed by atoms with Crippen LogP contribution in [0.15, 0.2) is 24.3 Å². The van der Waals surface area contributed by atoms with Crippen LogP contribution in [0, 0.1) is 12.8 Å². The molecule has 1 aliphatic carbocycles. The van der Waals surface area contributed by atoms with E-state index in [9.17, 15) is 4.79 Å². The third kappa shape index (κ3) is 4.29. The second-order valence-electron chi connectivity index (χ2n) is 8.40. The Morgan fingerprint density at radius 1 is 1.27 bits per heavy atom. The third-order valence-corrected chi connectivity index (χ3v) is 6.34. The molecule has 0 bridgehead atoms. The van der Waals surface area contributed by atoms with E-state index >= 15 is 0 Å². The number of aryl methyl sites for hydroxylation is 2. The fourth-order valence-electron chi connectivity index (χ4n) is 4.27. The molecule has 4 heteroatoms. The molecular formula is C22H31NO3. The van der Waals surface area contributed by atoms with Crippen molar-refractivity contribution in [2.75, 3.05) is 26.3 Å². The van der Waals surface area contributed by atoms with Crippen LogP contribution in [-0.2, 0) is 20.7 Å². The van der Waals surface area contributed by atoms with Crippen molar-refractivity contribution < 1.29 is 14.3 Å². The van der Waals surface area contributed by atoms with Crippen molar-refractivity contribution in [1.29, 1.82) is 0 Å². The van der Waals surface area contributed by atoms with Crippen molar-refractivity contribution >= 4 is 5.91 Å². The third-order valence-electron chi connectivity index (χ3n) is 6.34. The van der Waals surface area contributed by atoms with Gasteiger partial charge in [0.1, 0.15) is 0 Å². The number of ether oxygens (including phenoxy) is 2. The number of hydrogen-bond acceptors (Lipinski definition) is 3. The van der Waals surface area contributed by atoms with E-state index in [0.717, 1.165) is 57.9 Å².